The maximum atomic E-state index is 12.9. The van der Waals surface area contributed by atoms with Crippen molar-refractivity contribution >= 4 is 27.2 Å². The van der Waals surface area contributed by atoms with Crippen molar-refractivity contribution in [3.8, 4) is 5.75 Å². The summed E-state index contributed by atoms with van der Waals surface area (Å²) in [7, 11) is -3.87. The normalized spacial score (nSPS) is 14.5. The number of halogens is 2. The Morgan fingerprint density at radius 2 is 2.12 bits per heavy atom. The topological polar surface area (TPSA) is 86.5 Å². The van der Waals surface area contributed by atoms with E-state index in [0.29, 0.717) is 5.76 Å². The smallest absolute Gasteiger partial charge is 0.199 e. The Labute approximate surface area is 148 Å². The molecule has 0 N–H and O–H groups in total. The molecule has 0 aliphatic heterocycles. The van der Waals surface area contributed by atoms with Crippen molar-refractivity contribution in [2.75, 3.05) is 19.5 Å². The van der Waals surface area contributed by atoms with E-state index in [0.717, 1.165) is 19.1 Å². The Bertz CT molecular complexity index is 921. The van der Waals surface area contributed by atoms with Gasteiger partial charge in [0.1, 0.15) is 18.2 Å². The van der Waals surface area contributed by atoms with E-state index in [1.54, 1.807) is 0 Å². The SMILES string of the molecule is CS(=O)(=O)c1c(C(=O)c2cnoc2C2CC2)ccc(Cl)c1OCCF. The first-order chi connectivity index (χ1) is 11.8. The van der Waals surface area contributed by atoms with Crippen LogP contribution in [-0.4, -0.2) is 38.9 Å². The summed E-state index contributed by atoms with van der Waals surface area (Å²) in [5.74, 6) is -0.203. The predicted molar refractivity (Wildman–Crippen MR) is 87.9 cm³/mol. The minimum Gasteiger partial charge on any atom is -0.488 e. The molecule has 1 fully saturated rings. The third kappa shape index (κ3) is 3.55. The van der Waals surface area contributed by atoms with Crippen LogP contribution >= 0.6 is 11.6 Å². The third-order valence-corrected chi connectivity index (χ3v) is 5.24. The van der Waals surface area contributed by atoms with Crippen LogP contribution < -0.4 is 4.74 Å². The number of carbonyl (C=O) groups excluding carboxylic acids is 1. The monoisotopic (exact) mass is 387 g/mol. The van der Waals surface area contributed by atoms with Gasteiger partial charge in [-0.1, -0.05) is 16.8 Å². The van der Waals surface area contributed by atoms with Gasteiger partial charge in [0.2, 0.25) is 0 Å². The lowest BCUT2D eigenvalue weighted by atomic mass is 10.0. The Morgan fingerprint density at radius 1 is 1.40 bits per heavy atom. The fourth-order valence-electron chi connectivity index (χ4n) is 2.56. The number of ether oxygens (including phenoxy) is 1. The van der Waals surface area contributed by atoms with Crippen LogP contribution in [0.5, 0.6) is 5.75 Å². The van der Waals surface area contributed by atoms with Crippen molar-refractivity contribution in [3.63, 3.8) is 0 Å². The molecule has 0 saturated heterocycles. The van der Waals surface area contributed by atoms with E-state index in [9.17, 15) is 17.6 Å². The van der Waals surface area contributed by atoms with Crippen molar-refractivity contribution < 1.29 is 26.9 Å². The highest BCUT2D eigenvalue weighted by Gasteiger charge is 2.35. The van der Waals surface area contributed by atoms with Gasteiger partial charge < -0.3 is 9.26 Å². The van der Waals surface area contributed by atoms with E-state index in [1.165, 1.54) is 18.3 Å². The van der Waals surface area contributed by atoms with E-state index in [1.807, 2.05) is 0 Å². The molecule has 9 heteroatoms. The van der Waals surface area contributed by atoms with Crippen molar-refractivity contribution in [3.05, 3.63) is 40.2 Å². The van der Waals surface area contributed by atoms with Crippen LogP contribution in [0.4, 0.5) is 4.39 Å². The Morgan fingerprint density at radius 3 is 2.72 bits per heavy atom. The van der Waals surface area contributed by atoms with Gasteiger partial charge in [0.05, 0.1) is 16.8 Å². The summed E-state index contributed by atoms with van der Waals surface area (Å²) in [6.45, 7) is -1.20. The molecule has 0 amide bonds. The number of benzene rings is 1. The van der Waals surface area contributed by atoms with E-state index >= 15 is 0 Å². The number of nitrogens with zero attached hydrogens (tertiary/aromatic N) is 1. The van der Waals surface area contributed by atoms with Gasteiger partial charge in [-0.15, -0.1) is 0 Å². The summed E-state index contributed by atoms with van der Waals surface area (Å²) in [5.41, 5.74) is 0.108. The maximum Gasteiger partial charge on any atom is 0.199 e. The fraction of sp³-hybridized carbons (Fsp3) is 0.375. The molecule has 0 unspecified atom stereocenters. The summed E-state index contributed by atoms with van der Waals surface area (Å²) in [6.07, 6.45) is 3.99. The molecular formula is C16H15ClFNO5S. The minimum atomic E-state index is -3.87. The zero-order chi connectivity index (χ0) is 18.2. The molecule has 25 heavy (non-hydrogen) atoms. The molecule has 1 aromatic carbocycles. The number of alkyl halides is 1. The van der Waals surface area contributed by atoms with Gasteiger partial charge in [-0.25, -0.2) is 12.8 Å². The Hall–Kier alpha value is -1.93. The number of rotatable bonds is 7. The first kappa shape index (κ1) is 17.9. The van der Waals surface area contributed by atoms with Gasteiger partial charge in [0, 0.05) is 17.7 Å². The first-order valence-corrected chi connectivity index (χ1v) is 9.82. The second kappa shape index (κ2) is 6.76. The van der Waals surface area contributed by atoms with Crippen LogP contribution in [0.25, 0.3) is 0 Å². The van der Waals surface area contributed by atoms with Crippen molar-refractivity contribution in [1.29, 1.82) is 0 Å². The van der Waals surface area contributed by atoms with Crippen LogP contribution in [0.15, 0.2) is 27.7 Å². The molecule has 1 aliphatic rings. The fourth-order valence-corrected chi connectivity index (χ4v) is 3.90. The highest BCUT2D eigenvalue weighted by atomic mass is 35.5. The zero-order valence-electron chi connectivity index (χ0n) is 13.3. The molecule has 1 saturated carbocycles. The van der Waals surface area contributed by atoms with Crippen LogP contribution in [-0.2, 0) is 9.84 Å². The molecular weight excluding hydrogens is 373 g/mol. The molecule has 134 valence electrons. The molecule has 0 radical (unpaired) electrons. The van der Waals surface area contributed by atoms with Gasteiger partial charge in [0.25, 0.3) is 0 Å². The molecule has 0 atom stereocenters. The van der Waals surface area contributed by atoms with Gasteiger partial charge in [-0.05, 0) is 25.0 Å². The summed E-state index contributed by atoms with van der Waals surface area (Å²) in [4.78, 5) is 12.6. The van der Waals surface area contributed by atoms with E-state index in [4.69, 9.17) is 20.9 Å². The number of carbonyl (C=O) groups is 1. The zero-order valence-corrected chi connectivity index (χ0v) is 14.9. The number of hydrogen-bond donors (Lipinski definition) is 0. The second-order valence-electron chi connectivity index (χ2n) is 5.77. The van der Waals surface area contributed by atoms with E-state index < -0.39 is 22.3 Å². The van der Waals surface area contributed by atoms with E-state index in [2.05, 4.69) is 5.16 Å². The van der Waals surface area contributed by atoms with Crippen LogP contribution in [0.1, 0.15) is 40.4 Å². The van der Waals surface area contributed by atoms with Crippen molar-refractivity contribution in [1.82, 2.24) is 5.16 Å². The number of hydrogen-bond acceptors (Lipinski definition) is 6. The van der Waals surface area contributed by atoms with Crippen molar-refractivity contribution in [2.45, 2.75) is 23.7 Å². The van der Waals surface area contributed by atoms with Crippen LogP contribution in [0.3, 0.4) is 0 Å². The van der Waals surface area contributed by atoms with Crippen molar-refractivity contribution in [2.24, 2.45) is 0 Å². The molecule has 0 spiro atoms. The standard InChI is InChI=1S/C16H15ClFNO5S/c1-25(21,22)16-10(4-5-12(17)15(16)23-7-6-18)13(20)11-8-19-24-14(11)9-2-3-9/h4-5,8-9H,2-3,6-7H2,1H3. The molecule has 3 rings (SSSR count). The van der Waals surface area contributed by atoms with Gasteiger partial charge in [-0.2, -0.15) is 0 Å². The van der Waals surface area contributed by atoms with Gasteiger partial charge >= 0.3 is 0 Å². The van der Waals surface area contributed by atoms with Gasteiger partial charge in [0.15, 0.2) is 27.1 Å². The minimum absolute atomic E-state index is 0.0156. The predicted octanol–water partition coefficient (Wildman–Crippen LogP) is 3.19. The summed E-state index contributed by atoms with van der Waals surface area (Å²) in [6, 6.07) is 2.66. The van der Waals surface area contributed by atoms with E-state index in [-0.39, 0.29) is 39.3 Å². The lowest BCUT2D eigenvalue weighted by Crippen LogP contribution is -2.13. The third-order valence-electron chi connectivity index (χ3n) is 3.79. The average molecular weight is 388 g/mol. The van der Waals surface area contributed by atoms with Gasteiger partial charge in [-0.3, -0.25) is 4.79 Å². The van der Waals surface area contributed by atoms with Crippen LogP contribution in [0, 0.1) is 0 Å². The largest absolute Gasteiger partial charge is 0.488 e. The first-order valence-electron chi connectivity index (χ1n) is 7.55. The molecule has 1 aromatic heterocycles. The summed E-state index contributed by atoms with van der Waals surface area (Å²) >= 11 is 6.01. The highest BCUT2D eigenvalue weighted by molar-refractivity contribution is 7.91. The quantitative estimate of drug-likeness (QED) is 0.678. The lowest BCUT2D eigenvalue weighted by molar-refractivity contribution is 0.103. The maximum absolute atomic E-state index is 12.9. The summed E-state index contributed by atoms with van der Waals surface area (Å²) < 4.78 is 47.3. The molecule has 1 heterocycles. The molecule has 6 nitrogen and oxygen atoms in total. The lowest BCUT2D eigenvalue weighted by Gasteiger charge is -2.14. The number of sulfone groups is 1. The molecule has 0 bridgehead atoms. The number of aromatic nitrogens is 1. The Balaban J connectivity index is 2.15. The molecule has 2 aromatic rings. The average Bonchev–Trinajstić information content (AvgIpc) is 3.28. The summed E-state index contributed by atoms with van der Waals surface area (Å²) in [5, 5.41) is 3.64. The number of ketones is 1. The van der Waals surface area contributed by atoms with Crippen LogP contribution in [0.2, 0.25) is 5.02 Å². The highest BCUT2D eigenvalue weighted by Crippen LogP contribution is 2.43. The Kier molecular flexibility index (Phi) is 4.83. The molecule has 1 aliphatic carbocycles. The second-order valence-corrected chi connectivity index (χ2v) is 8.13.